The van der Waals surface area contributed by atoms with E-state index in [1.54, 1.807) is 53.9 Å². The van der Waals surface area contributed by atoms with Crippen LogP contribution in [0, 0.1) is 0 Å². The van der Waals surface area contributed by atoms with Crippen LogP contribution in [0.5, 0.6) is 0 Å². The first kappa shape index (κ1) is 21.9. The van der Waals surface area contributed by atoms with Gasteiger partial charge in [-0.05, 0) is 36.8 Å². The predicted octanol–water partition coefficient (Wildman–Crippen LogP) is 5.19. The molecule has 1 amide bonds. The molecule has 0 fully saturated rings. The Morgan fingerprint density at radius 2 is 1.81 bits per heavy atom. The molecule has 0 radical (unpaired) electrons. The number of benzene rings is 2. The number of rotatable bonds is 8. The largest absolute Gasteiger partial charge is 0.345 e. The van der Waals surface area contributed by atoms with Gasteiger partial charge < -0.3 is 9.47 Å². The first-order valence-electron chi connectivity index (χ1n) is 9.89. The molecule has 2 aromatic heterocycles. The van der Waals surface area contributed by atoms with Crippen molar-refractivity contribution in [1.82, 2.24) is 24.6 Å². The molecule has 0 aliphatic heterocycles. The summed E-state index contributed by atoms with van der Waals surface area (Å²) < 4.78 is 4.42. The summed E-state index contributed by atoms with van der Waals surface area (Å²) in [6.07, 6.45) is 0. The summed E-state index contributed by atoms with van der Waals surface area (Å²) in [7, 11) is 3.52. The highest BCUT2D eigenvalue weighted by atomic mass is 32.2. The third-order valence-electron chi connectivity index (χ3n) is 4.68. The molecule has 2 heterocycles. The number of carbonyl (C=O) groups is 1. The van der Waals surface area contributed by atoms with Crippen LogP contribution in [0.4, 0.5) is 0 Å². The van der Waals surface area contributed by atoms with Crippen molar-refractivity contribution in [2.24, 2.45) is 0 Å². The molecule has 0 aliphatic rings. The van der Waals surface area contributed by atoms with Gasteiger partial charge in [-0.3, -0.25) is 4.79 Å². The van der Waals surface area contributed by atoms with Crippen LogP contribution in [0.15, 0.2) is 58.0 Å². The number of amides is 1. The third kappa shape index (κ3) is 5.11. The molecular weight excluding hydrogens is 446 g/mol. The van der Waals surface area contributed by atoms with Crippen molar-refractivity contribution in [2.45, 2.75) is 34.5 Å². The zero-order valence-electron chi connectivity index (χ0n) is 17.6. The minimum atomic E-state index is 0.0141. The number of hydrogen-bond acceptors (Lipinski definition) is 7. The van der Waals surface area contributed by atoms with E-state index in [9.17, 15) is 4.79 Å². The molecule has 6 nitrogen and oxygen atoms in total. The van der Waals surface area contributed by atoms with Crippen LogP contribution >= 0.6 is 34.9 Å². The van der Waals surface area contributed by atoms with E-state index < -0.39 is 0 Å². The molecule has 0 N–H and O–H groups in total. The van der Waals surface area contributed by atoms with Gasteiger partial charge in [0.1, 0.15) is 5.82 Å². The highest BCUT2D eigenvalue weighted by Crippen LogP contribution is 2.32. The lowest BCUT2D eigenvalue weighted by Gasteiger charge is -2.10. The van der Waals surface area contributed by atoms with E-state index in [0.29, 0.717) is 5.56 Å². The monoisotopic (exact) mass is 469 g/mol. The van der Waals surface area contributed by atoms with E-state index in [4.69, 9.17) is 0 Å². The zero-order valence-corrected chi connectivity index (χ0v) is 20.1. The zero-order chi connectivity index (χ0) is 21.8. The van der Waals surface area contributed by atoms with Crippen LogP contribution < -0.4 is 0 Å². The minimum absolute atomic E-state index is 0.0141. The van der Waals surface area contributed by atoms with Crippen LogP contribution in [0.1, 0.15) is 28.7 Å². The predicted molar refractivity (Wildman–Crippen MR) is 129 cm³/mol. The number of para-hydroxylation sites is 1. The van der Waals surface area contributed by atoms with Crippen molar-refractivity contribution in [1.29, 1.82) is 0 Å². The lowest BCUT2D eigenvalue weighted by atomic mass is 10.1. The lowest BCUT2D eigenvalue weighted by molar-refractivity contribution is 0.0827. The summed E-state index contributed by atoms with van der Waals surface area (Å²) >= 11 is 5.08. The summed E-state index contributed by atoms with van der Waals surface area (Å²) in [5.74, 6) is 2.49. The summed E-state index contributed by atoms with van der Waals surface area (Å²) in [6.45, 7) is 2.93. The molecule has 0 saturated carbocycles. The second kappa shape index (κ2) is 9.84. The average Bonchev–Trinajstić information content (AvgIpc) is 3.38. The smallest absolute Gasteiger partial charge is 0.253 e. The van der Waals surface area contributed by atoms with E-state index in [1.807, 2.05) is 42.5 Å². The molecule has 4 rings (SSSR count). The molecule has 31 heavy (non-hydrogen) atoms. The van der Waals surface area contributed by atoms with Gasteiger partial charge in [0, 0.05) is 32.0 Å². The van der Waals surface area contributed by atoms with Gasteiger partial charge in [0.2, 0.25) is 0 Å². The number of carbonyl (C=O) groups excluding carboxylic acids is 1. The standard InChI is InChI=1S/C22H23N5OS3/c1-4-27-19(14-30-22-23-17-7-5-6-8-18(17)31-22)24-25-21(27)29-13-15-9-11-16(12-10-15)20(28)26(2)3/h5-12H,4,13-14H2,1-3H3. The molecule has 0 atom stereocenters. The minimum Gasteiger partial charge on any atom is -0.345 e. The van der Waals surface area contributed by atoms with E-state index in [-0.39, 0.29) is 5.91 Å². The number of thioether (sulfide) groups is 2. The van der Waals surface area contributed by atoms with Gasteiger partial charge >= 0.3 is 0 Å². The van der Waals surface area contributed by atoms with Crippen LogP contribution in [-0.4, -0.2) is 44.7 Å². The van der Waals surface area contributed by atoms with Crippen LogP contribution in [-0.2, 0) is 18.1 Å². The number of fused-ring (bicyclic) bond motifs is 1. The van der Waals surface area contributed by atoms with Crippen molar-refractivity contribution in [3.63, 3.8) is 0 Å². The number of thiazole rings is 1. The topological polar surface area (TPSA) is 63.9 Å². The Morgan fingerprint density at radius 3 is 2.52 bits per heavy atom. The molecule has 160 valence electrons. The number of aromatic nitrogens is 4. The SMILES string of the molecule is CCn1c(CSc2nc3ccccc3s2)nnc1SCc1ccc(C(=O)N(C)C)cc1. The van der Waals surface area contributed by atoms with E-state index >= 15 is 0 Å². The third-order valence-corrected chi connectivity index (χ3v) is 7.90. The van der Waals surface area contributed by atoms with E-state index in [1.165, 1.54) is 4.70 Å². The Balaban J connectivity index is 1.39. The molecule has 0 unspecified atom stereocenters. The molecule has 2 aromatic carbocycles. The summed E-state index contributed by atoms with van der Waals surface area (Å²) in [4.78, 5) is 18.3. The Bertz CT molecular complexity index is 1150. The fourth-order valence-corrected chi connectivity index (χ4v) is 6.02. The van der Waals surface area contributed by atoms with Crippen molar-refractivity contribution in [2.75, 3.05) is 14.1 Å². The fourth-order valence-electron chi connectivity index (χ4n) is 3.04. The van der Waals surface area contributed by atoms with Gasteiger partial charge in [-0.25, -0.2) is 4.98 Å². The highest BCUT2D eigenvalue weighted by Gasteiger charge is 2.14. The Hall–Kier alpha value is -2.36. The van der Waals surface area contributed by atoms with Gasteiger partial charge in [-0.1, -0.05) is 47.8 Å². The number of nitrogens with zero attached hydrogens (tertiary/aromatic N) is 5. The highest BCUT2D eigenvalue weighted by molar-refractivity contribution is 8.00. The van der Waals surface area contributed by atoms with Crippen LogP contribution in [0.3, 0.4) is 0 Å². The number of hydrogen-bond donors (Lipinski definition) is 0. The first-order chi connectivity index (χ1) is 15.0. The molecule has 4 aromatic rings. The second-order valence-corrected chi connectivity index (χ2v) is 10.3. The molecule has 0 bridgehead atoms. The van der Waals surface area contributed by atoms with Crippen LogP contribution in [0.25, 0.3) is 10.2 Å². The van der Waals surface area contributed by atoms with E-state index in [0.717, 1.165) is 44.5 Å². The molecule has 0 saturated heterocycles. The fraction of sp³-hybridized carbons (Fsp3) is 0.273. The maximum absolute atomic E-state index is 12.0. The quantitative estimate of drug-likeness (QED) is 0.331. The van der Waals surface area contributed by atoms with Gasteiger partial charge in [0.15, 0.2) is 9.50 Å². The summed E-state index contributed by atoms with van der Waals surface area (Å²) in [5, 5.41) is 9.75. The van der Waals surface area contributed by atoms with Gasteiger partial charge in [0.25, 0.3) is 5.91 Å². The van der Waals surface area contributed by atoms with Crippen molar-refractivity contribution in [3.8, 4) is 0 Å². The Labute approximate surface area is 194 Å². The van der Waals surface area contributed by atoms with Crippen molar-refractivity contribution in [3.05, 3.63) is 65.5 Å². The molecule has 0 spiro atoms. The van der Waals surface area contributed by atoms with E-state index in [2.05, 4.69) is 32.7 Å². The first-order valence-corrected chi connectivity index (χ1v) is 12.7. The summed E-state index contributed by atoms with van der Waals surface area (Å²) in [6, 6.07) is 16.0. The maximum atomic E-state index is 12.0. The van der Waals surface area contributed by atoms with Crippen molar-refractivity contribution >= 4 is 51.0 Å². The Morgan fingerprint density at radius 1 is 1.03 bits per heavy atom. The lowest BCUT2D eigenvalue weighted by Crippen LogP contribution is -2.21. The van der Waals surface area contributed by atoms with Gasteiger partial charge in [0.05, 0.1) is 16.0 Å². The maximum Gasteiger partial charge on any atom is 0.253 e. The Kier molecular flexibility index (Phi) is 6.94. The van der Waals surface area contributed by atoms with Crippen LogP contribution in [0.2, 0.25) is 0 Å². The average molecular weight is 470 g/mol. The second-order valence-electron chi connectivity index (χ2n) is 7.06. The van der Waals surface area contributed by atoms with Crippen molar-refractivity contribution < 1.29 is 4.79 Å². The molecule has 0 aliphatic carbocycles. The van der Waals surface area contributed by atoms with Gasteiger partial charge in [-0.15, -0.1) is 21.5 Å². The molecule has 9 heteroatoms. The normalized spacial score (nSPS) is 11.2. The van der Waals surface area contributed by atoms with Gasteiger partial charge in [-0.2, -0.15) is 0 Å². The molecular formula is C22H23N5OS3. The summed E-state index contributed by atoms with van der Waals surface area (Å²) in [5.41, 5.74) is 2.89.